The van der Waals surface area contributed by atoms with Crippen LogP contribution < -0.4 is 5.73 Å². The Balaban J connectivity index is 2.56. The smallest absolute Gasteiger partial charge is 0.233 e. The van der Waals surface area contributed by atoms with Gasteiger partial charge in [-0.2, -0.15) is 0 Å². The Hall–Kier alpha value is -1.26. The second-order valence-electron chi connectivity index (χ2n) is 6.21. The molecule has 0 aliphatic carbocycles. The van der Waals surface area contributed by atoms with E-state index in [9.17, 15) is 4.79 Å². The molecule has 1 amide bonds. The molecule has 1 aliphatic heterocycles. The van der Waals surface area contributed by atoms with Crippen LogP contribution in [0.1, 0.15) is 40.5 Å². The minimum absolute atomic E-state index is 0.0158. The molecule has 1 rings (SSSR count). The Morgan fingerprint density at radius 2 is 1.89 bits per heavy atom. The van der Waals surface area contributed by atoms with E-state index in [0.29, 0.717) is 11.3 Å². The standard InChI is InChI=1S/C13H25N3O2/c1-9(11(14)15-18)12(17)16-7-5-10(6-8-16)13(2,3)4/h9-10,18H,5-8H2,1-4H3,(H2,14,15). The first kappa shape index (κ1) is 14.8. The quantitative estimate of drug-likeness (QED) is 0.341. The fourth-order valence-corrected chi connectivity index (χ4v) is 2.45. The van der Waals surface area contributed by atoms with Crippen molar-refractivity contribution in [1.82, 2.24) is 4.90 Å². The van der Waals surface area contributed by atoms with Crippen LogP contribution in [0.4, 0.5) is 0 Å². The first-order valence-corrected chi connectivity index (χ1v) is 6.53. The summed E-state index contributed by atoms with van der Waals surface area (Å²) in [4.78, 5) is 13.9. The number of carbonyl (C=O) groups is 1. The Morgan fingerprint density at radius 3 is 2.28 bits per heavy atom. The average Bonchev–Trinajstić information content (AvgIpc) is 2.35. The fourth-order valence-electron chi connectivity index (χ4n) is 2.45. The molecule has 1 saturated heterocycles. The van der Waals surface area contributed by atoms with Crippen LogP contribution in [0.5, 0.6) is 0 Å². The topological polar surface area (TPSA) is 78.9 Å². The highest BCUT2D eigenvalue weighted by atomic mass is 16.4. The van der Waals surface area contributed by atoms with Gasteiger partial charge in [0.2, 0.25) is 5.91 Å². The van der Waals surface area contributed by atoms with Crippen molar-refractivity contribution in [2.45, 2.75) is 40.5 Å². The van der Waals surface area contributed by atoms with Gasteiger partial charge in [0.15, 0.2) is 5.84 Å². The molecular formula is C13H25N3O2. The van der Waals surface area contributed by atoms with Crippen LogP contribution in [0, 0.1) is 17.3 Å². The molecule has 0 aromatic carbocycles. The lowest BCUT2D eigenvalue weighted by molar-refractivity contribution is -0.134. The van der Waals surface area contributed by atoms with Gasteiger partial charge in [-0.15, -0.1) is 0 Å². The van der Waals surface area contributed by atoms with E-state index in [1.165, 1.54) is 0 Å². The highest BCUT2D eigenvalue weighted by Crippen LogP contribution is 2.34. The Bertz CT molecular complexity index is 326. The Labute approximate surface area is 109 Å². The summed E-state index contributed by atoms with van der Waals surface area (Å²) in [5.41, 5.74) is 5.77. The van der Waals surface area contributed by atoms with Gasteiger partial charge in [0.25, 0.3) is 0 Å². The van der Waals surface area contributed by atoms with Gasteiger partial charge in [0, 0.05) is 13.1 Å². The average molecular weight is 255 g/mol. The summed E-state index contributed by atoms with van der Waals surface area (Å²) in [7, 11) is 0. The third-order valence-corrected chi connectivity index (χ3v) is 3.96. The van der Waals surface area contributed by atoms with E-state index in [2.05, 4.69) is 25.9 Å². The molecule has 1 fully saturated rings. The zero-order chi connectivity index (χ0) is 13.9. The van der Waals surface area contributed by atoms with Crippen LogP contribution in [0.15, 0.2) is 5.16 Å². The van der Waals surface area contributed by atoms with E-state index >= 15 is 0 Å². The molecule has 0 saturated carbocycles. The summed E-state index contributed by atoms with van der Waals surface area (Å²) in [6.07, 6.45) is 2.05. The van der Waals surface area contributed by atoms with Crippen LogP contribution in [-0.4, -0.2) is 34.9 Å². The highest BCUT2D eigenvalue weighted by Gasteiger charge is 2.32. The molecule has 0 aromatic heterocycles. The number of likely N-dealkylation sites (tertiary alicyclic amines) is 1. The van der Waals surface area contributed by atoms with Gasteiger partial charge in [-0.05, 0) is 31.1 Å². The summed E-state index contributed by atoms with van der Waals surface area (Å²) in [6.45, 7) is 9.94. The SMILES string of the molecule is CC(C(=O)N1CCC(C(C)(C)C)CC1)C(N)=NO. The summed E-state index contributed by atoms with van der Waals surface area (Å²) >= 11 is 0. The van der Waals surface area contributed by atoms with Crippen molar-refractivity contribution >= 4 is 11.7 Å². The number of hydrogen-bond donors (Lipinski definition) is 2. The van der Waals surface area contributed by atoms with Crippen LogP contribution >= 0.6 is 0 Å². The number of amides is 1. The van der Waals surface area contributed by atoms with E-state index in [4.69, 9.17) is 10.9 Å². The molecule has 1 heterocycles. The van der Waals surface area contributed by atoms with E-state index < -0.39 is 5.92 Å². The van der Waals surface area contributed by atoms with Crippen molar-refractivity contribution in [3.63, 3.8) is 0 Å². The number of oxime groups is 1. The molecule has 18 heavy (non-hydrogen) atoms. The molecule has 0 bridgehead atoms. The first-order chi connectivity index (χ1) is 8.27. The van der Waals surface area contributed by atoms with Gasteiger partial charge in [-0.25, -0.2) is 0 Å². The largest absolute Gasteiger partial charge is 0.409 e. The molecule has 5 heteroatoms. The van der Waals surface area contributed by atoms with Gasteiger partial charge >= 0.3 is 0 Å². The van der Waals surface area contributed by atoms with Crippen LogP contribution in [-0.2, 0) is 4.79 Å². The molecule has 3 N–H and O–H groups in total. The molecule has 1 atom stereocenters. The summed E-state index contributed by atoms with van der Waals surface area (Å²) in [5, 5.41) is 11.5. The third kappa shape index (κ3) is 3.37. The normalized spacial score (nSPS) is 20.9. The van der Waals surface area contributed by atoms with Crippen LogP contribution in [0.3, 0.4) is 0 Å². The lowest BCUT2D eigenvalue weighted by atomic mass is 9.75. The molecule has 5 nitrogen and oxygen atoms in total. The molecule has 0 aromatic rings. The second kappa shape index (κ2) is 5.59. The maximum Gasteiger partial charge on any atom is 0.233 e. The molecular weight excluding hydrogens is 230 g/mol. The van der Waals surface area contributed by atoms with Crippen LogP contribution in [0.25, 0.3) is 0 Å². The molecule has 0 radical (unpaired) electrons. The predicted octanol–water partition coefficient (Wildman–Crippen LogP) is 1.65. The van der Waals surface area contributed by atoms with Gasteiger partial charge in [-0.3, -0.25) is 4.79 Å². The Morgan fingerprint density at radius 1 is 1.39 bits per heavy atom. The van der Waals surface area contributed by atoms with E-state index in [1.54, 1.807) is 6.92 Å². The number of nitrogens with two attached hydrogens (primary N) is 1. The number of amidine groups is 1. The van der Waals surface area contributed by atoms with Crippen molar-refractivity contribution in [3.05, 3.63) is 0 Å². The van der Waals surface area contributed by atoms with Gasteiger partial charge in [0.1, 0.15) is 0 Å². The van der Waals surface area contributed by atoms with Gasteiger partial charge < -0.3 is 15.8 Å². The third-order valence-electron chi connectivity index (χ3n) is 3.96. The van der Waals surface area contributed by atoms with Crippen LogP contribution in [0.2, 0.25) is 0 Å². The summed E-state index contributed by atoms with van der Waals surface area (Å²) in [6, 6.07) is 0. The molecule has 0 spiro atoms. The van der Waals surface area contributed by atoms with Gasteiger partial charge in [-0.1, -0.05) is 25.9 Å². The van der Waals surface area contributed by atoms with E-state index in [0.717, 1.165) is 25.9 Å². The van der Waals surface area contributed by atoms with Crippen molar-refractivity contribution in [2.24, 2.45) is 28.1 Å². The monoisotopic (exact) mass is 255 g/mol. The summed E-state index contributed by atoms with van der Waals surface area (Å²) in [5.74, 6) is 0.0532. The predicted molar refractivity (Wildman–Crippen MR) is 71.3 cm³/mol. The molecule has 1 aliphatic rings. The first-order valence-electron chi connectivity index (χ1n) is 6.53. The minimum Gasteiger partial charge on any atom is -0.409 e. The fraction of sp³-hybridized carbons (Fsp3) is 0.846. The van der Waals surface area contributed by atoms with Gasteiger partial charge in [0.05, 0.1) is 5.92 Å². The molecule has 104 valence electrons. The van der Waals surface area contributed by atoms with Crippen molar-refractivity contribution in [1.29, 1.82) is 0 Å². The van der Waals surface area contributed by atoms with E-state index in [-0.39, 0.29) is 11.7 Å². The number of piperidine rings is 1. The lowest BCUT2D eigenvalue weighted by Crippen LogP contribution is -2.46. The van der Waals surface area contributed by atoms with Crippen molar-refractivity contribution < 1.29 is 10.0 Å². The number of hydrogen-bond acceptors (Lipinski definition) is 3. The Kier molecular flexibility index (Phi) is 4.59. The highest BCUT2D eigenvalue weighted by molar-refractivity contribution is 6.01. The van der Waals surface area contributed by atoms with E-state index in [1.807, 2.05) is 4.90 Å². The zero-order valence-corrected chi connectivity index (χ0v) is 11.8. The number of rotatable bonds is 2. The maximum absolute atomic E-state index is 12.1. The number of nitrogens with zero attached hydrogens (tertiary/aromatic N) is 2. The lowest BCUT2D eigenvalue weighted by Gasteiger charge is -2.39. The number of carbonyl (C=O) groups excluding carboxylic acids is 1. The summed E-state index contributed by atoms with van der Waals surface area (Å²) < 4.78 is 0. The zero-order valence-electron chi connectivity index (χ0n) is 11.8. The van der Waals surface area contributed by atoms with Crippen molar-refractivity contribution in [2.75, 3.05) is 13.1 Å². The maximum atomic E-state index is 12.1. The second-order valence-corrected chi connectivity index (χ2v) is 6.21. The molecule has 1 unspecified atom stereocenters. The minimum atomic E-state index is -0.541. The van der Waals surface area contributed by atoms with Crippen molar-refractivity contribution in [3.8, 4) is 0 Å².